The molecule has 1 aliphatic heterocycles. The molecule has 0 aromatic carbocycles. The topological polar surface area (TPSA) is 53.2 Å². The van der Waals surface area contributed by atoms with Gasteiger partial charge >= 0.3 is 0 Å². The van der Waals surface area contributed by atoms with Crippen molar-refractivity contribution in [1.82, 2.24) is 9.88 Å². The number of carbonyl (C=O) groups is 1. The number of hydrogen-bond acceptors (Lipinski definition) is 2. The summed E-state index contributed by atoms with van der Waals surface area (Å²) in [6.07, 6.45) is 4.64. The van der Waals surface area contributed by atoms with Crippen molar-refractivity contribution in [1.29, 1.82) is 0 Å². The van der Waals surface area contributed by atoms with Crippen molar-refractivity contribution in [3.63, 3.8) is 0 Å². The highest BCUT2D eigenvalue weighted by atomic mass is 16.2. The van der Waals surface area contributed by atoms with Gasteiger partial charge in [-0.3, -0.25) is 9.59 Å². The number of aryl methyl sites for hydroxylation is 1. The average Bonchev–Trinajstić information content (AvgIpc) is 2.89. The Labute approximate surface area is 106 Å². The van der Waals surface area contributed by atoms with Crippen LogP contribution in [-0.4, -0.2) is 28.4 Å². The van der Waals surface area contributed by atoms with Crippen molar-refractivity contribution in [3.05, 3.63) is 33.7 Å². The first-order valence-corrected chi connectivity index (χ1v) is 6.68. The minimum absolute atomic E-state index is 0.0920. The zero-order chi connectivity index (χ0) is 12.7. The van der Waals surface area contributed by atoms with Crippen LogP contribution in [0.3, 0.4) is 0 Å². The molecule has 2 atom stereocenters. The molecule has 0 spiro atoms. The number of likely N-dealkylation sites (tertiary alicyclic amines) is 1. The number of aromatic nitrogens is 1. The predicted octanol–water partition coefficient (Wildman–Crippen LogP) is 1.70. The summed E-state index contributed by atoms with van der Waals surface area (Å²) in [5.74, 6) is 0.573. The Hall–Kier alpha value is -1.58. The van der Waals surface area contributed by atoms with Crippen LogP contribution in [0.2, 0.25) is 0 Å². The molecular weight excluding hydrogens is 228 g/mol. The van der Waals surface area contributed by atoms with Crippen LogP contribution in [0.4, 0.5) is 0 Å². The standard InChI is InChI=1S/C14H18N2O2/c1-9-5-6-11(13(17)15-9)14(18)16-8-7-10-3-2-4-12(10)16/h5-6,10,12H,2-4,7-8H2,1H3,(H,15,17). The van der Waals surface area contributed by atoms with E-state index in [4.69, 9.17) is 0 Å². The second kappa shape index (κ2) is 4.26. The van der Waals surface area contributed by atoms with Crippen LogP contribution in [0, 0.1) is 12.8 Å². The molecule has 1 N–H and O–H groups in total. The first-order chi connectivity index (χ1) is 8.66. The van der Waals surface area contributed by atoms with Gasteiger partial charge in [0.15, 0.2) is 0 Å². The van der Waals surface area contributed by atoms with Crippen LogP contribution in [-0.2, 0) is 0 Å². The van der Waals surface area contributed by atoms with Crippen molar-refractivity contribution in [3.8, 4) is 0 Å². The van der Waals surface area contributed by atoms with E-state index >= 15 is 0 Å². The maximum Gasteiger partial charge on any atom is 0.260 e. The molecule has 1 saturated carbocycles. The maximum absolute atomic E-state index is 12.4. The largest absolute Gasteiger partial charge is 0.335 e. The number of fused-ring (bicyclic) bond motifs is 1. The molecule has 18 heavy (non-hydrogen) atoms. The lowest BCUT2D eigenvalue weighted by Gasteiger charge is -2.23. The second-order valence-corrected chi connectivity index (χ2v) is 5.43. The van der Waals surface area contributed by atoms with Gasteiger partial charge in [0, 0.05) is 18.3 Å². The number of nitrogens with one attached hydrogen (secondary N) is 1. The van der Waals surface area contributed by atoms with E-state index in [1.807, 2.05) is 11.8 Å². The van der Waals surface area contributed by atoms with Gasteiger partial charge in [-0.25, -0.2) is 0 Å². The van der Waals surface area contributed by atoms with Crippen molar-refractivity contribution in [2.24, 2.45) is 5.92 Å². The third-order valence-electron chi connectivity index (χ3n) is 4.31. The smallest absolute Gasteiger partial charge is 0.260 e. The molecule has 4 nitrogen and oxygen atoms in total. The molecule has 2 aliphatic rings. The van der Waals surface area contributed by atoms with Gasteiger partial charge < -0.3 is 9.88 Å². The Balaban J connectivity index is 1.88. The monoisotopic (exact) mass is 246 g/mol. The number of nitrogens with zero attached hydrogens (tertiary/aromatic N) is 1. The summed E-state index contributed by atoms with van der Waals surface area (Å²) in [5.41, 5.74) is 0.811. The SMILES string of the molecule is Cc1ccc(C(=O)N2CCC3CCCC32)c(=O)[nH]1. The number of aromatic amines is 1. The molecule has 1 aliphatic carbocycles. The average molecular weight is 246 g/mol. The van der Waals surface area contributed by atoms with Crippen LogP contribution >= 0.6 is 0 Å². The number of H-pyrrole nitrogens is 1. The molecule has 1 amide bonds. The summed E-state index contributed by atoms with van der Waals surface area (Å²) in [6, 6.07) is 3.81. The van der Waals surface area contributed by atoms with Gasteiger partial charge in [0.25, 0.3) is 11.5 Å². The van der Waals surface area contributed by atoms with Crippen LogP contribution in [0.25, 0.3) is 0 Å². The lowest BCUT2D eigenvalue weighted by molar-refractivity contribution is 0.0727. The Bertz CT molecular complexity index is 535. The molecule has 4 heteroatoms. The summed E-state index contributed by atoms with van der Waals surface area (Å²) in [5, 5.41) is 0. The van der Waals surface area contributed by atoms with Crippen molar-refractivity contribution < 1.29 is 4.79 Å². The minimum Gasteiger partial charge on any atom is -0.335 e. The number of rotatable bonds is 1. The van der Waals surface area contributed by atoms with Crippen molar-refractivity contribution in [2.75, 3.05) is 6.54 Å². The molecule has 96 valence electrons. The van der Waals surface area contributed by atoms with E-state index in [9.17, 15) is 9.59 Å². The third kappa shape index (κ3) is 1.76. The van der Waals surface area contributed by atoms with Gasteiger partial charge in [0.2, 0.25) is 0 Å². The second-order valence-electron chi connectivity index (χ2n) is 5.43. The molecule has 2 unspecified atom stereocenters. The van der Waals surface area contributed by atoms with E-state index < -0.39 is 0 Å². The Morgan fingerprint density at radius 2 is 2.17 bits per heavy atom. The molecule has 1 aromatic rings. The van der Waals surface area contributed by atoms with Gasteiger partial charge in [-0.1, -0.05) is 6.42 Å². The summed E-state index contributed by atoms with van der Waals surface area (Å²) in [6.45, 7) is 2.62. The molecule has 2 fully saturated rings. The zero-order valence-corrected chi connectivity index (χ0v) is 10.6. The van der Waals surface area contributed by atoms with Crippen LogP contribution < -0.4 is 5.56 Å². The van der Waals surface area contributed by atoms with Gasteiger partial charge in [0.1, 0.15) is 5.56 Å². The van der Waals surface area contributed by atoms with E-state index in [0.29, 0.717) is 12.0 Å². The predicted molar refractivity (Wildman–Crippen MR) is 68.6 cm³/mol. The quantitative estimate of drug-likeness (QED) is 0.820. The number of amides is 1. The lowest BCUT2D eigenvalue weighted by Crippen LogP contribution is -2.38. The third-order valence-corrected chi connectivity index (χ3v) is 4.31. The van der Waals surface area contributed by atoms with Crippen molar-refractivity contribution in [2.45, 2.75) is 38.6 Å². The summed E-state index contributed by atoms with van der Waals surface area (Å²) in [7, 11) is 0. The van der Waals surface area contributed by atoms with E-state index in [-0.39, 0.29) is 17.0 Å². The molecule has 0 bridgehead atoms. The normalized spacial score (nSPS) is 26.4. The van der Waals surface area contributed by atoms with Gasteiger partial charge in [-0.05, 0) is 44.2 Å². The molecular formula is C14H18N2O2. The maximum atomic E-state index is 12.4. The number of hydrogen-bond donors (Lipinski definition) is 1. The summed E-state index contributed by atoms with van der Waals surface area (Å²) < 4.78 is 0. The molecule has 2 heterocycles. The number of carbonyl (C=O) groups excluding carboxylic acids is 1. The fourth-order valence-corrected chi connectivity index (χ4v) is 3.38. The minimum atomic E-state index is -0.263. The summed E-state index contributed by atoms with van der Waals surface area (Å²) >= 11 is 0. The highest BCUT2D eigenvalue weighted by molar-refractivity contribution is 5.94. The molecule has 1 saturated heterocycles. The highest BCUT2D eigenvalue weighted by Crippen LogP contribution is 2.38. The highest BCUT2D eigenvalue weighted by Gasteiger charge is 2.40. The Morgan fingerprint density at radius 1 is 1.33 bits per heavy atom. The first kappa shape index (κ1) is 11.5. The fraction of sp³-hybridized carbons (Fsp3) is 0.571. The summed E-state index contributed by atoms with van der Waals surface area (Å²) in [4.78, 5) is 28.9. The van der Waals surface area contributed by atoms with Crippen LogP contribution in [0.15, 0.2) is 16.9 Å². The fourth-order valence-electron chi connectivity index (χ4n) is 3.38. The van der Waals surface area contributed by atoms with Gasteiger partial charge in [-0.15, -0.1) is 0 Å². The first-order valence-electron chi connectivity index (χ1n) is 6.68. The lowest BCUT2D eigenvalue weighted by atomic mass is 10.0. The number of pyridine rings is 1. The van der Waals surface area contributed by atoms with Crippen molar-refractivity contribution >= 4 is 5.91 Å². The molecule has 3 rings (SSSR count). The van der Waals surface area contributed by atoms with E-state index in [2.05, 4.69) is 4.98 Å². The van der Waals surface area contributed by atoms with Crippen LogP contribution in [0.5, 0.6) is 0 Å². The molecule has 1 aromatic heterocycles. The van der Waals surface area contributed by atoms with Gasteiger partial charge in [0.05, 0.1) is 0 Å². The molecule has 0 radical (unpaired) electrons. The zero-order valence-electron chi connectivity index (χ0n) is 10.6. The van der Waals surface area contributed by atoms with E-state index in [1.165, 1.54) is 12.8 Å². The van der Waals surface area contributed by atoms with E-state index in [0.717, 1.165) is 25.1 Å². The van der Waals surface area contributed by atoms with Crippen LogP contribution in [0.1, 0.15) is 41.7 Å². The Kier molecular flexibility index (Phi) is 2.73. The van der Waals surface area contributed by atoms with Gasteiger partial charge in [-0.2, -0.15) is 0 Å². The van der Waals surface area contributed by atoms with E-state index in [1.54, 1.807) is 12.1 Å². The Morgan fingerprint density at radius 3 is 2.94 bits per heavy atom.